The van der Waals surface area contributed by atoms with Crippen LogP contribution in [0.2, 0.25) is 0 Å². The number of amides is 4. The molecule has 4 N–H and O–H groups in total. The maximum atomic E-state index is 14.2. The zero-order valence-corrected chi connectivity index (χ0v) is 38.2. The minimum atomic E-state index is -3.93. The van der Waals surface area contributed by atoms with E-state index in [-0.39, 0.29) is 36.7 Å². The minimum absolute atomic E-state index is 0.0893. The Balaban J connectivity index is 0.805. The second-order valence-corrected chi connectivity index (χ2v) is 22.7. The third kappa shape index (κ3) is 9.81. The Morgan fingerprint density at radius 1 is 1.02 bits per heavy atom. The molecule has 8 rings (SSSR count). The van der Waals surface area contributed by atoms with Gasteiger partial charge in [0.05, 0.1) is 15.8 Å². The number of para-hydroxylation sites is 1. The number of carbonyl (C=O) groups is 4. The fraction of sp³-hybridized carbons (Fsp3) is 0.681. The van der Waals surface area contributed by atoms with Gasteiger partial charge in [-0.3, -0.25) is 23.9 Å². The van der Waals surface area contributed by atoms with Gasteiger partial charge in [-0.1, -0.05) is 51.8 Å². The summed E-state index contributed by atoms with van der Waals surface area (Å²) in [6.07, 6.45) is 12.0. The number of aromatic nitrogens is 1. The summed E-state index contributed by atoms with van der Waals surface area (Å²) in [5.41, 5.74) is -0.802. The first-order valence-corrected chi connectivity index (χ1v) is 24.7. The molecular formula is C47H66N6O9S. The van der Waals surface area contributed by atoms with E-state index in [2.05, 4.69) is 31.8 Å². The zero-order chi connectivity index (χ0) is 44.9. The number of hydrogen-bond acceptors (Lipinski definition) is 10. The number of aromatic amines is 1. The van der Waals surface area contributed by atoms with E-state index in [0.717, 1.165) is 80.7 Å². The van der Waals surface area contributed by atoms with Crippen molar-refractivity contribution in [2.45, 2.75) is 165 Å². The molecule has 15 nitrogen and oxygen atoms in total. The van der Waals surface area contributed by atoms with Crippen LogP contribution in [-0.2, 0) is 35.6 Å². The SMILES string of the molecule is C=C[C@@H]1CC1(NC(=O)[C@@H]1CCCN1C(=O)[C@@H](NC(=O)OC1CC1CCCCCc1c(OC2CCN(C3CC3)CC2)c2ccccc2[nH]c1=O)C(C)(C)C)C(=O)NS(=O)(=O)C1(C)CC1. The molecule has 3 unspecified atom stereocenters. The number of nitrogens with one attached hydrogen (secondary N) is 4. The molecule has 16 heteroatoms. The van der Waals surface area contributed by atoms with Crippen molar-refractivity contribution in [3.8, 4) is 5.75 Å². The van der Waals surface area contributed by atoms with Gasteiger partial charge >= 0.3 is 6.09 Å². The number of sulfonamides is 1. The average molecular weight is 891 g/mol. The summed E-state index contributed by atoms with van der Waals surface area (Å²) in [6, 6.07) is 6.69. The van der Waals surface area contributed by atoms with Crippen LogP contribution in [0.3, 0.4) is 0 Å². The molecular weight excluding hydrogens is 825 g/mol. The van der Waals surface area contributed by atoms with E-state index in [9.17, 15) is 32.4 Å². The van der Waals surface area contributed by atoms with Crippen molar-refractivity contribution < 1.29 is 37.1 Å². The first-order chi connectivity index (χ1) is 29.9. The smallest absolute Gasteiger partial charge is 0.408 e. The molecule has 344 valence electrons. The number of fused-ring (bicyclic) bond motifs is 1. The van der Waals surface area contributed by atoms with Crippen LogP contribution < -0.4 is 25.7 Å². The number of pyridine rings is 1. The molecule has 63 heavy (non-hydrogen) atoms. The van der Waals surface area contributed by atoms with Crippen molar-refractivity contribution in [1.82, 2.24) is 30.1 Å². The lowest BCUT2D eigenvalue weighted by Gasteiger charge is -2.35. The van der Waals surface area contributed by atoms with Gasteiger partial charge in [0, 0.05) is 37.0 Å². The number of alkyl carbamates (subject to hydrolysis) is 1. The molecule has 2 saturated heterocycles. The highest BCUT2D eigenvalue weighted by molar-refractivity contribution is 7.91. The van der Waals surface area contributed by atoms with Gasteiger partial charge in [0.15, 0.2) is 0 Å². The largest absolute Gasteiger partial charge is 0.489 e. The quantitative estimate of drug-likeness (QED) is 0.114. The number of unbranched alkanes of at least 4 members (excludes halogenated alkanes) is 2. The van der Waals surface area contributed by atoms with Crippen molar-refractivity contribution in [3.63, 3.8) is 0 Å². The molecule has 4 saturated carbocycles. The second-order valence-electron chi connectivity index (χ2n) is 20.5. The van der Waals surface area contributed by atoms with Crippen LogP contribution >= 0.6 is 0 Å². The third-order valence-corrected chi connectivity index (χ3v) is 16.7. The number of carbonyl (C=O) groups excluding carboxylic acids is 4. The van der Waals surface area contributed by atoms with Crippen molar-refractivity contribution in [2.75, 3.05) is 19.6 Å². The van der Waals surface area contributed by atoms with E-state index in [1.54, 1.807) is 6.92 Å². The molecule has 1 aromatic heterocycles. The number of nitrogens with zero attached hydrogens (tertiary/aromatic N) is 2. The van der Waals surface area contributed by atoms with Gasteiger partial charge in [0.2, 0.25) is 21.8 Å². The van der Waals surface area contributed by atoms with Gasteiger partial charge in [-0.25, -0.2) is 13.2 Å². The van der Waals surface area contributed by atoms with E-state index in [4.69, 9.17) is 9.47 Å². The first-order valence-electron chi connectivity index (χ1n) is 23.3. The van der Waals surface area contributed by atoms with Crippen molar-refractivity contribution in [2.24, 2.45) is 17.3 Å². The van der Waals surface area contributed by atoms with Crippen LogP contribution in [0.15, 0.2) is 41.7 Å². The normalized spacial score (nSPS) is 27.3. The molecule has 0 spiro atoms. The Kier molecular flexibility index (Phi) is 12.5. The topological polar surface area (TPSA) is 196 Å². The lowest BCUT2D eigenvalue weighted by Crippen LogP contribution is -2.60. The number of piperidine rings is 1. The first kappa shape index (κ1) is 45.1. The lowest BCUT2D eigenvalue weighted by atomic mass is 9.85. The molecule has 0 radical (unpaired) electrons. The molecule has 6 aliphatic rings. The van der Waals surface area contributed by atoms with Gasteiger partial charge in [-0.15, -0.1) is 6.58 Å². The van der Waals surface area contributed by atoms with Gasteiger partial charge < -0.3 is 34.9 Å². The number of hydrogen-bond donors (Lipinski definition) is 4. The van der Waals surface area contributed by atoms with E-state index >= 15 is 0 Å². The fourth-order valence-corrected chi connectivity index (χ4v) is 11.0. The number of rotatable bonds is 18. The van der Waals surface area contributed by atoms with Crippen LogP contribution in [0.25, 0.3) is 10.9 Å². The Morgan fingerprint density at radius 2 is 1.75 bits per heavy atom. The van der Waals surface area contributed by atoms with Crippen LogP contribution in [0, 0.1) is 17.3 Å². The van der Waals surface area contributed by atoms with E-state index in [1.807, 2.05) is 45.0 Å². The highest BCUT2D eigenvalue weighted by Crippen LogP contribution is 2.47. The third-order valence-electron chi connectivity index (χ3n) is 14.5. The van der Waals surface area contributed by atoms with Crippen molar-refractivity contribution in [1.29, 1.82) is 0 Å². The van der Waals surface area contributed by atoms with Gasteiger partial charge in [-0.05, 0) is 114 Å². The van der Waals surface area contributed by atoms with Crippen LogP contribution in [0.4, 0.5) is 4.79 Å². The Morgan fingerprint density at radius 3 is 2.41 bits per heavy atom. The van der Waals surface area contributed by atoms with Crippen LogP contribution in [0.1, 0.15) is 123 Å². The molecule has 1 aromatic carbocycles. The van der Waals surface area contributed by atoms with E-state index in [0.29, 0.717) is 37.7 Å². The predicted molar refractivity (Wildman–Crippen MR) is 238 cm³/mol. The number of benzene rings is 1. The molecule has 3 heterocycles. The summed E-state index contributed by atoms with van der Waals surface area (Å²) < 4.78 is 39.4. The maximum Gasteiger partial charge on any atom is 0.408 e. The molecule has 6 fully saturated rings. The average Bonchev–Trinajstić information content (AvgIpc) is 4.08. The molecule has 2 aliphatic heterocycles. The molecule has 4 aliphatic carbocycles. The highest BCUT2D eigenvalue weighted by atomic mass is 32.2. The minimum Gasteiger partial charge on any atom is -0.489 e. The van der Waals surface area contributed by atoms with E-state index in [1.165, 1.54) is 23.8 Å². The molecule has 4 amide bonds. The Labute approximate surface area is 370 Å². The monoisotopic (exact) mass is 890 g/mol. The van der Waals surface area contributed by atoms with Crippen molar-refractivity contribution in [3.05, 3.63) is 52.8 Å². The molecule has 0 bridgehead atoms. The summed E-state index contributed by atoms with van der Waals surface area (Å²) in [7, 11) is -3.93. The summed E-state index contributed by atoms with van der Waals surface area (Å²) in [5.74, 6) is -1.30. The van der Waals surface area contributed by atoms with Crippen molar-refractivity contribution >= 4 is 44.7 Å². The highest BCUT2D eigenvalue weighted by Gasteiger charge is 2.63. The van der Waals surface area contributed by atoms with Crippen LogP contribution in [0.5, 0.6) is 5.75 Å². The van der Waals surface area contributed by atoms with Gasteiger partial charge in [0.25, 0.3) is 11.5 Å². The number of H-pyrrole nitrogens is 1. The zero-order valence-electron chi connectivity index (χ0n) is 37.3. The maximum absolute atomic E-state index is 14.2. The summed E-state index contributed by atoms with van der Waals surface area (Å²) in [4.78, 5) is 75.1. The number of likely N-dealkylation sites (tertiary alicyclic amines) is 2. The summed E-state index contributed by atoms with van der Waals surface area (Å²) in [5, 5.41) is 6.55. The summed E-state index contributed by atoms with van der Waals surface area (Å²) in [6.45, 7) is 13.2. The molecule has 2 aromatic rings. The fourth-order valence-electron chi connectivity index (χ4n) is 9.66. The Bertz CT molecular complexity index is 2270. The lowest BCUT2D eigenvalue weighted by molar-refractivity contribution is -0.142. The van der Waals surface area contributed by atoms with Gasteiger partial charge in [-0.2, -0.15) is 0 Å². The standard InChI is InChI=1S/C47H66N6O9S/c1-6-30-28-47(30,43(57)51-63(59,60)46(5)22-23-46)50-41(55)36-17-12-24-53(36)42(56)39(45(2,3)4)49-44(58)62-37-27-29(37)13-8-7-9-15-34-38(33-14-10-11-16-35(33)48-40(34)54)61-32-20-25-52(26-21-32)31-18-19-31/h6,10-11,14,16,29-32,36-37,39H,1,7-9,12-13,15,17-28H2,2-5H3,(H,48,54)(H,49,58)(H,50,55)(H,51,57)/t29?,30-,36+,37?,39-,47?/m1/s1. The second kappa shape index (κ2) is 17.5. The molecule has 6 atom stereocenters. The van der Waals surface area contributed by atoms with Gasteiger partial charge in [0.1, 0.15) is 35.6 Å². The predicted octanol–water partition coefficient (Wildman–Crippen LogP) is 5.22. The van der Waals surface area contributed by atoms with Crippen LogP contribution in [-0.4, -0.2) is 107 Å². The summed E-state index contributed by atoms with van der Waals surface area (Å²) >= 11 is 0. The Hall–Kier alpha value is -4.44. The number of ether oxygens (including phenoxy) is 2. The van der Waals surface area contributed by atoms with E-state index < -0.39 is 67.5 Å².